The number of methoxy groups -OCH3 is 1. The summed E-state index contributed by atoms with van der Waals surface area (Å²) >= 11 is 0. The van der Waals surface area contributed by atoms with Crippen molar-refractivity contribution < 1.29 is 4.74 Å². The molecular weight excluding hydrogens is 156 g/mol. The van der Waals surface area contributed by atoms with Gasteiger partial charge in [-0.2, -0.15) is 4.98 Å². The van der Waals surface area contributed by atoms with Gasteiger partial charge in [0.05, 0.1) is 7.11 Å². The topological polar surface area (TPSA) is 55.0 Å². The number of H-pyrrole nitrogens is 1. The highest BCUT2D eigenvalue weighted by Gasteiger charge is 2.06. The smallest absolute Gasteiger partial charge is 0.348 e. The number of aromatic nitrogens is 2. The van der Waals surface area contributed by atoms with Gasteiger partial charge in [-0.1, -0.05) is 6.92 Å². The van der Waals surface area contributed by atoms with Crippen LogP contribution in [0.25, 0.3) is 0 Å². The molecule has 1 aromatic rings. The molecule has 1 heterocycles. The highest BCUT2D eigenvalue weighted by molar-refractivity contribution is 5.28. The maximum Gasteiger partial charge on any atom is 0.348 e. The Kier molecular flexibility index (Phi) is 2.47. The second kappa shape index (κ2) is 3.38. The van der Waals surface area contributed by atoms with Crippen LogP contribution in [0.15, 0.2) is 4.79 Å². The molecule has 0 spiro atoms. The summed E-state index contributed by atoms with van der Waals surface area (Å²) in [4.78, 5) is 17.2. The minimum absolute atomic E-state index is 0.360. The molecule has 0 saturated heterocycles. The van der Waals surface area contributed by atoms with Crippen LogP contribution in [0.4, 0.5) is 0 Å². The molecule has 1 rings (SSSR count). The number of nitrogens with one attached hydrogen (secondary N) is 1. The molecule has 0 aliphatic carbocycles. The van der Waals surface area contributed by atoms with Crippen LogP contribution in [0.2, 0.25) is 0 Å². The number of hydrogen-bond donors (Lipinski definition) is 1. The number of ether oxygens (including phenoxy) is 1. The van der Waals surface area contributed by atoms with Crippen LogP contribution in [-0.4, -0.2) is 17.1 Å². The van der Waals surface area contributed by atoms with Crippen molar-refractivity contribution in [3.05, 3.63) is 21.7 Å². The molecule has 0 aliphatic heterocycles. The molecule has 12 heavy (non-hydrogen) atoms. The van der Waals surface area contributed by atoms with E-state index in [1.54, 1.807) is 0 Å². The first-order valence-electron chi connectivity index (χ1n) is 3.82. The molecule has 0 bridgehead atoms. The largest absolute Gasteiger partial charge is 0.481 e. The zero-order chi connectivity index (χ0) is 9.14. The molecule has 0 radical (unpaired) electrons. The van der Waals surface area contributed by atoms with E-state index in [4.69, 9.17) is 4.74 Å². The van der Waals surface area contributed by atoms with E-state index >= 15 is 0 Å². The molecule has 0 aliphatic rings. The molecule has 1 aromatic heterocycles. The monoisotopic (exact) mass is 168 g/mol. The van der Waals surface area contributed by atoms with E-state index in [9.17, 15) is 4.79 Å². The summed E-state index contributed by atoms with van der Waals surface area (Å²) < 4.78 is 4.97. The van der Waals surface area contributed by atoms with Gasteiger partial charge in [0.2, 0.25) is 5.88 Å². The quantitative estimate of drug-likeness (QED) is 0.705. The number of hydrogen-bond acceptors (Lipinski definition) is 3. The molecular formula is C8H12N2O2. The van der Waals surface area contributed by atoms with E-state index in [1.807, 2.05) is 13.8 Å². The van der Waals surface area contributed by atoms with Crippen molar-refractivity contribution >= 4 is 0 Å². The minimum atomic E-state index is -0.360. The standard InChI is InChI=1S/C8H12N2O2/c1-4-6-5(2)9-8(11)10-7(6)12-3/h4H2,1-3H3,(H,9,10,11). The fourth-order valence-electron chi connectivity index (χ4n) is 1.17. The molecule has 0 amide bonds. The van der Waals surface area contributed by atoms with Crippen LogP contribution in [0.5, 0.6) is 5.88 Å². The predicted octanol–water partition coefficient (Wildman–Crippen LogP) is 0.649. The van der Waals surface area contributed by atoms with Gasteiger partial charge < -0.3 is 9.72 Å². The molecule has 4 heteroatoms. The first-order chi connectivity index (χ1) is 5.69. The molecule has 0 atom stereocenters. The van der Waals surface area contributed by atoms with Crippen molar-refractivity contribution in [2.75, 3.05) is 7.11 Å². The molecule has 66 valence electrons. The van der Waals surface area contributed by atoms with Gasteiger partial charge in [0.25, 0.3) is 0 Å². The Balaban J connectivity index is 3.33. The lowest BCUT2D eigenvalue weighted by Crippen LogP contribution is -2.15. The Morgan fingerprint density at radius 2 is 2.25 bits per heavy atom. The van der Waals surface area contributed by atoms with Crippen LogP contribution in [0.1, 0.15) is 18.2 Å². The van der Waals surface area contributed by atoms with Gasteiger partial charge >= 0.3 is 5.69 Å². The van der Waals surface area contributed by atoms with Gasteiger partial charge in [0.1, 0.15) is 0 Å². The lowest BCUT2D eigenvalue weighted by atomic mass is 10.2. The number of aryl methyl sites for hydroxylation is 1. The van der Waals surface area contributed by atoms with E-state index in [0.717, 1.165) is 17.7 Å². The third-order valence-electron chi connectivity index (χ3n) is 1.76. The maximum absolute atomic E-state index is 10.9. The summed E-state index contributed by atoms with van der Waals surface area (Å²) in [6, 6.07) is 0. The van der Waals surface area contributed by atoms with Crippen LogP contribution in [0.3, 0.4) is 0 Å². The Labute approximate surface area is 70.6 Å². The van der Waals surface area contributed by atoms with Crippen LogP contribution >= 0.6 is 0 Å². The van der Waals surface area contributed by atoms with Crippen molar-refractivity contribution in [2.24, 2.45) is 0 Å². The average molecular weight is 168 g/mol. The van der Waals surface area contributed by atoms with Gasteiger partial charge in [-0.15, -0.1) is 0 Å². The zero-order valence-corrected chi connectivity index (χ0v) is 7.47. The van der Waals surface area contributed by atoms with Crippen molar-refractivity contribution in [3.8, 4) is 5.88 Å². The van der Waals surface area contributed by atoms with Crippen molar-refractivity contribution in [1.29, 1.82) is 0 Å². The van der Waals surface area contributed by atoms with E-state index in [0.29, 0.717) is 5.88 Å². The highest BCUT2D eigenvalue weighted by atomic mass is 16.5. The number of nitrogens with zero attached hydrogens (tertiary/aromatic N) is 1. The van der Waals surface area contributed by atoms with Gasteiger partial charge in [0, 0.05) is 11.3 Å². The Morgan fingerprint density at radius 3 is 2.75 bits per heavy atom. The Morgan fingerprint density at radius 1 is 1.58 bits per heavy atom. The zero-order valence-electron chi connectivity index (χ0n) is 7.47. The average Bonchev–Trinajstić information content (AvgIpc) is 2.03. The van der Waals surface area contributed by atoms with Crippen LogP contribution < -0.4 is 10.4 Å². The van der Waals surface area contributed by atoms with Gasteiger partial charge in [0.15, 0.2) is 0 Å². The summed E-state index contributed by atoms with van der Waals surface area (Å²) in [6.45, 7) is 3.83. The lowest BCUT2D eigenvalue weighted by molar-refractivity contribution is 0.389. The van der Waals surface area contributed by atoms with Crippen molar-refractivity contribution in [2.45, 2.75) is 20.3 Å². The molecule has 4 nitrogen and oxygen atoms in total. The fraction of sp³-hybridized carbons (Fsp3) is 0.500. The second-order valence-electron chi connectivity index (χ2n) is 2.51. The summed E-state index contributed by atoms with van der Waals surface area (Å²) in [7, 11) is 1.51. The van der Waals surface area contributed by atoms with E-state index in [1.165, 1.54) is 7.11 Å². The van der Waals surface area contributed by atoms with Crippen LogP contribution in [-0.2, 0) is 6.42 Å². The van der Waals surface area contributed by atoms with Gasteiger partial charge in [-0.3, -0.25) is 0 Å². The van der Waals surface area contributed by atoms with E-state index < -0.39 is 0 Å². The molecule has 0 saturated carbocycles. The first-order valence-corrected chi connectivity index (χ1v) is 3.82. The summed E-state index contributed by atoms with van der Waals surface area (Å²) in [5.41, 5.74) is 1.42. The fourth-order valence-corrected chi connectivity index (χ4v) is 1.17. The molecule has 0 unspecified atom stereocenters. The highest BCUT2D eigenvalue weighted by Crippen LogP contribution is 2.14. The van der Waals surface area contributed by atoms with E-state index in [2.05, 4.69) is 9.97 Å². The van der Waals surface area contributed by atoms with Crippen molar-refractivity contribution in [3.63, 3.8) is 0 Å². The molecule has 0 aromatic carbocycles. The Hall–Kier alpha value is -1.32. The minimum Gasteiger partial charge on any atom is -0.481 e. The molecule has 1 N–H and O–H groups in total. The van der Waals surface area contributed by atoms with E-state index in [-0.39, 0.29) is 5.69 Å². The number of aromatic amines is 1. The summed E-state index contributed by atoms with van der Waals surface area (Å²) in [5.74, 6) is 0.429. The first kappa shape index (κ1) is 8.77. The normalized spacial score (nSPS) is 9.92. The predicted molar refractivity (Wildman–Crippen MR) is 45.5 cm³/mol. The number of rotatable bonds is 2. The van der Waals surface area contributed by atoms with Crippen molar-refractivity contribution in [1.82, 2.24) is 9.97 Å². The third kappa shape index (κ3) is 1.47. The summed E-state index contributed by atoms with van der Waals surface area (Å²) in [6.07, 6.45) is 0.804. The van der Waals surface area contributed by atoms with Crippen LogP contribution in [0, 0.1) is 6.92 Å². The molecule has 0 fully saturated rings. The third-order valence-corrected chi connectivity index (χ3v) is 1.76. The van der Waals surface area contributed by atoms with Gasteiger partial charge in [-0.05, 0) is 13.3 Å². The summed E-state index contributed by atoms with van der Waals surface area (Å²) in [5, 5.41) is 0. The lowest BCUT2D eigenvalue weighted by Gasteiger charge is -2.06. The second-order valence-corrected chi connectivity index (χ2v) is 2.51. The Bertz CT molecular complexity index is 330. The maximum atomic E-state index is 10.9. The van der Waals surface area contributed by atoms with Gasteiger partial charge in [-0.25, -0.2) is 4.79 Å². The SMILES string of the molecule is CCc1c(OC)nc(=O)[nH]c1C.